The zero-order valence-electron chi connectivity index (χ0n) is 11.3. The van der Waals surface area contributed by atoms with Gasteiger partial charge in [0.15, 0.2) is 9.84 Å². The lowest BCUT2D eigenvalue weighted by atomic mass is 10.0. The maximum Gasteiger partial charge on any atom is 0.227 e. The quantitative estimate of drug-likeness (QED) is 0.685. The molecule has 0 radical (unpaired) electrons. The fourth-order valence-electron chi connectivity index (χ4n) is 1.66. The molecule has 2 atom stereocenters. The molecule has 6 nitrogen and oxygen atoms in total. The average molecular weight is 278 g/mol. The van der Waals surface area contributed by atoms with E-state index in [1.165, 1.54) is 6.26 Å². The topological polar surface area (TPSA) is 84.5 Å². The number of hydrogen-bond donors (Lipinski definition) is 2. The maximum absolute atomic E-state index is 12.0. The first-order valence-electron chi connectivity index (χ1n) is 5.91. The van der Waals surface area contributed by atoms with E-state index in [1.807, 2.05) is 0 Å². The van der Waals surface area contributed by atoms with Gasteiger partial charge in [-0.3, -0.25) is 4.79 Å². The Morgan fingerprint density at radius 1 is 1.39 bits per heavy atom. The number of carbonyl (C=O) groups is 1. The molecule has 1 amide bonds. The zero-order valence-corrected chi connectivity index (χ0v) is 12.1. The Bertz CT molecular complexity index is 405. The summed E-state index contributed by atoms with van der Waals surface area (Å²) in [5, 5.41) is 5.72. The van der Waals surface area contributed by atoms with Gasteiger partial charge in [-0.15, -0.1) is 0 Å². The zero-order chi connectivity index (χ0) is 14.0. The number of nitrogens with one attached hydrogen (secondary N) is 2. The van der Waals surface area contributed by atoms with Crippen LogP contribution >= 0.6 is 0 Å². The van der Waals surface area contributed by atoms with Crippen molar-refractivity contribution in [3.63, 3.8) is 0 Å². The number of sulfone groups is 1. The van der Waals surface area contributed by atoms with Gasteiger partial charge in [0.25, 0.3) is 0 Å². The standard InChI is InChI=1S/C11H22N2O4S/c1-11(2,18(4,15)16)7-13-10(14)8-5-17-6-9(8)12-3/h8-9,12H,5-7H2,1-4H3,(H,13,14). The predicted octanol–water partition coefficient (Wildman–Crippen LogP) is -0.840. The summed E-state index contributed by atoms with van der Waals surface area (Å²) in [6.45, 7) is 4.19. The van der Waals surface area contributed by atoms with Gasteiger partial charge in [0.1, 0.15) is 0 Å². The van der Waals surface area contributed by atoms with Crippen LogP contribution in [0.2, 0.25) is 0 Å². The van der Waals surface area contributed by atoms with Crippen LogP contribution in [0.25, 0.3) is 0 Å². The third-order valence-corrected chi connectivity index (χ3v) is 5.63. The van der Waals surface area contributed by atoms with Crippen molar-refractivity contribution in [1.29, 1.82) is 0 Å². The van der Waals surface area contributed by atoms with E-state index in [4.69, 9.17) is 4.74 Å². The van der Waals surface area contributed by atoms with Crippen molar-refractivity contribution in [2.75, 3.05) is 33.1 Å². The predicted molar refractivity (Wildman–Crippen MR) is 69.1 cm³/mol. The summed E-state index contributed by atoms with van der Waals surface area (Å²) in [7, 11) is -1.42. The molecule has 1 rings (SSSR count). The summed E-state index contributed by atoms with van der Waals surface area (Å²) in [6.07, 6.45) is 1.17. The van der Waals surface area contributed by atoms with E-state index in [0.29, 0.717) is 13.2 Å². The first-order chi connectivity index (χ1) is 8.19. The van der Waals surface area contributed by atoms with Crippen molar-refractivity contribution >= 4 is 15.7 Å². The van der Waals surface area contributed by atoms with E-state index in [-0.39, 0.29) is 24.4 Å². The van der Waals surface area contributed by atoms with E-state index >= 15 is 0 Å². The summed E-state index contributed by atoms with van der Waals surface area (Å²) >= 11 is 0. The average Bonchev–Trinajstić information content (AvgIpc) is 2.72. The Balaban J connectivity index is 2.57. The van der Waals surface area contributed by atoms with Crippen LogP contribution in [-0.2, 0) is 19.4 Å². The Hall–Kier alpha value is -0.660. The number of rotatable bonds is 5. The number of ether oxygens (including phenoxy) is 1. The van der Waals surface area contributed by atoms with Crippen molar-refractivity contribution in [2.24, 2.45) is 5.92 Å². The first kappa shape index (κ1) is 15.4. The minimum atomic E-state index is -3.20. The van der Waals surface area contributed by atoms with E-state index in [1.54, 1.807) is 20.9 Å². The van der Waals surface area contributed by atoms with Crippen LogP contribution in [0.1, 0.15) is 13.8 Å². The molecule has 0 bridgehead atoms. The van der Waals surface area contributed by atoms with Crippen LogP contribution in [-0.4, -0.2) is 58.2 Å². The lowest BCUT2D eigenvalue weighted by Gasteiger charge is -2.24. The highest BCUT2D eigenvalue weighted by Crippen LogP contribution is 2.16. The molecule has 1 heterocycles. The summed E-state index contributed by atoms with van der Waals surface area (Å²) in [6, 6.07) is -0.00801. The molecule has 0 aromatic heterocycles. The monoisotopic (exact) mass is 278 g/mol. The molecule has 0 aromatic carbocycles. The van der Waals surface area contributed by atoms with Crippen LogP contribution in [0, 0.1) is 5.92 Å². The van der Waals surface area contributed by atoms with E-state index in [2.05, 4.69) is 10.6 Å². The van der Waals surface area contributed by atoms with Gasteiger partial charge in [-0.25, -0.2) is 8.42 Å². The summed E-state index contributed by atoms with van der Waals surface area (Å²) in [4.78, 5) is 12.0. The van der Waals surface area contributed by atoms with Crippen molar-refractivity contribution in [2.45, 2.75) is 24.6 Å². The first-order valence-corrected chi connectivity index (χ1v) is 7.80. The SMILES string of the molecule is CNC1COCC1C(=O)NCC(C)(C)S(C)(=O)=O. The Morgan fingerprint density at radius 2 is 2.00 bits per heavy atom. The summed E-state index contributed by atoms with van der Waals surface area (Å²) in [5.74, 6) is -0.422. The van der Waals surface area contributed by atoms with E-state index < -0.39 is 14.6 Å². The number of carbonyl (C=O) groups excluding carboxylic acids is 1. The highest BCUT2D eigenvalue weighted by Gasteiger charge is 2.35. The highest BCUT2D eigenvalue weighted by molar-refractivity contribution is 7.92. The Morgan fingerprint density at radius 3 is 2.50 bits per heavy atom. The number of hydrogen-bond acceptors (Lipinski definition) is 5. The second-order valence-corrected chi connectivity index (χ2v) is 7.94. The lowest BCUT2D eigenvalue weighted by molar-refractivity contribution is -0.125. The third-order valence-electron chi connectivity index (χ3n) is 3.48. The van der Waals surface area contributed by atoms with E-state index in [9.17, 15) is 13.2 Å². The van der Waals surface area contributed by atoms with Crippen LogP contribution in [0.5, 0.6) is 0 Å². The molecule has 1 aliphatic heterocycles. The van der Waals surface area contributed by atoms with Gasteiger partial charge >= 0.3 is 0 Å². The van der Waals surface area contributed by atoms with Gasteiger partial charge in [-0.05, 0) is 20.9 Å². The molecule has 1 fully saturated rings. The minimum absolute atomic E-state index is 0.00801. The smallest absolute Gasteiger partial charge is 0.227 e. The van der Waals surface area contributed by atoms with Gasteiger partial charge in [-0.2, -0.15) is 0 Å². The molecule has 7 heteroatoms. The largest absolute Gasteiger partial charge is 0.379 e. The molecule has 106 valence electrons. The molecule has 0 aliphatic carbocycles. The van der Waals surface area contributed by atoms with Crippen LogP contribution in [0.4, 0.5) is 0 Å². The van der Waals surface area contributed by atoms with Crippen molar-refractivity contribution in [3.05, 3.63) is 0 Å². The number of likely N-dealkylation sites (N-methyl/N-ethyl adjacent to an activating group) is 1. The minimum Gasteiger partial charge on any atom is -0.379 e. The molecule has 1 saturated heterocycles. The molecule has 1 aliphatic rings. The molecular formula is C11H22N2O4S. The van der Waals surface area contributed by atoms with Crippen molar-refractivity contribution < 1.29 is 17.9 Å². The van der Waals surface area contributed by atoms with Crippen molar-refractivity contribution in [1.82, 2.24) is 10.6 Å². The van der Waals surface area contributed by atoms with Gasteiger partial charge < -0.3 is 15.4 Å². The third kappa shape index (κ3) is 3.43. The van der Waals surface area contributed by atoms with Crippen LogP contribution in [0.15, 0.2) is 0 Å². The molecule has 18 heavy (non-hydrogen) atoms. The Kier molecular flexibility index (Phi) is 4.74. The molecular weight excluding hydrogens is 256 g/mol. The molecule has 0 aromatic rings. The second-order valence-electron chi connectivity index (χ2n) is 5.29. The maximum atomic E-state index is 12.0. The molecule has 2 N–H and O–H groups in total. The lowest BCUT2D eigenvalue weighted by Crippen LogP contribution is -2.48. The van der Waals surface area contributed by atoms with Crippen molar-refractivity contribution in [3.8, 4) is 0 Å². The molecule has 2 unspecified atom stereocenters. The van der Waals surface area contributed by atoms with Crippen LogP contribution in [0.3, 0.4) is 0 Å². The fraction of sp³-hybridized carbons (Fsp3) is 0.909. The summed E-state index contributed by atoms with van der Waals surface area (Å²) < 4.78 is 27.3. The van der Waals surface area contributed by atoms with Gasteiger partial charge in [-0.1, -0.05) is 0 Å². The number of amides is 1. The normalized spacial score (nSPS) is 25.1. The van der Waals surface area contributed by atoms with Gasteiger partial charge in [0.2, 0.25) is 5.91 Å². The van der Waals surface area contributed by atoms with Gasteiger partial charge in [0, 0.05) is 18.8 Å². The highest BCUT2D eigenvalue weighted by atomic mass is 32.2. The molecule has 0 spiro atoms. The van der Waals surface area contributed by atoms with Crippen LogP contribution < -0.4 is 10.6 Å². The summed E-state index contributed by atoms with van der Waals surface area (Å²) in [5.41, 5.74) is 0. The fourth-order valence-corrected chi connectivity index (χ4v) is 1.99. The Labute approximate surface area is 108 Å². The molecule has 0 saturated carbocycles. The second kappa shape index (κ2) is 5.54. The van der Waals surface area contributed by atoms with E-state index in [0.717, 1.165) is 0 Å². The van der Waals surface area contributed by atoms with Gasteiger partial charge in [0.05, 0.1) is 23.9 Å².